The summed E-state index contributed by atoms with van der Waals surface area (Å²) in [7, 11) is 1.66. The van der Waals surface area contributed by atoms with Crippen LogP contribution >= 0.6 is 15.9 Å². The molecule has 1 aromatic rings. The van der Waals surface area contributed by atoms with Crippen molar-refractivity contribution < 1.29 is 4.74 Å². The van der Waals surface area contributed by atoms with Gasteiger partial charge < -0.3 is 9.64 Å². The average Bonchev–Trinajstić information content (AvgIpc) is 2.38. The second kappa shape index (κ2) is 8.08. The Morgan fingerprint density at radius 2 is 2.16 bits per heavy atom. The van der Waals surface area contributed by atoms with Crippen LogP contribution in [-0.2, 0) is 4.74 Å². The van der Waals surface area contributed by atoms with E-state index in [1.807, 2.05) is 11.0 Å². The lowest BCUT2D eigenvalue weighted by Crippen LogP contribution is -2.29. The minimum atomic E-state index is 0.261. The number of nitriles is 1. The summed E-state index contributed by atoms with van der Waals surface area (Å²) in [6.45, 7) is 6.06. The number of ether oxygens (including phenoxy) is 1. The summed E-state index contributed by atoms with van der Waals surface area (Å²) < 4.78 is 5.87. The van der Waals surface area contributed by atoms with Gasteiger partial charge >= 0.3 is 0 Å². The molecule has 6 heteroatoms. The molecular weight excluding hydrogens is 308 g/mol. The molecule has 0 amide bonds. The van der Waals surface area contributed by atoms with Gasteiger partial charge in [-0.25, -0.2) is 9.97 Å². The van der Waals surface area contributed by atoms with Crippen LogP contribution in [0.25, 0.3) is 0 Å². The van der Waals surface area contributed by atoms with Crippen molar-refractivity contribution in [3.63, 3.8) is 0 Å². The van der Waals surface area contributed by atoms with Crippen LogP contribution in [0, 0.1) is 11.3 Å². The van der Waals surface area contributed by atoms with E-state index in [9.17, 15) is 0 Å². The van der Waals surface area contributed by atoms with Gasteiger partial charge in [-0.3, -0.25) is 0 Å². The molecule has 0 spiro atoms. The van der Waals surface area contributed by atoms with Crippen molar-refractivity contribution in [1.82, 2.24) is 9.97 Å². The van der Waals surface area contributed by atoms with E-state index in [1.165, 1.54) is 0 Å². The van der Waals surface area contributed by atoms with E-state index in [-0.39, 0.29) is 5.92 Å². The smallest absolute Gasteiger partial charge is 0.134 e. The molecule has 5 nitrogen and oxygen atoms in total. The van der Waals surface area contributed by atoms with Crippen LogP contribution in [0.15, 0.2) is 10.7 Å². The predicted octanol–water partition coefficient (Wildman–Crippen LogP) is 2.73. The van der Waals surface area contributed by atoms with Crippen molar-refractivity contribution in [2.75, 3.05) is 31.7 Å². The number of hydrogen-bond donors (Lipinski definition) is 0. The monoisotopic (exact) mass is 326 g/mol. The van der Waals surface area contributed by atoms with E-state index in [1.54, 1.807) is 7.11 Å². The summed E-state index contributed by atoms with van der Waals surface area (Å²) in [4.78, 5) is 11.0. The highest BCUT2D eigenvalue weighted by molar-refractivity contribution is 9.10. The van der Waals surface area contributed by atoms with Crippen molar-refractivity contribution in [2.45, 2.75) is 26.2 Å². The summed E-state index contributed by atoms with van der Waals surface area (Å²) >= 11 is 3.41. The molecule has 0 aliphatic carbocycles. The van der Waals surface area contributed by atoms with Gasteiger partial charge in [0.15, 0.2) is 0 Å². The molecule has 0 atom stereocenters. The maximum Gasteiger partial charge on any atom is 0.134 e. The van der Waals surface area contributed by atoms with Gasteiger partial charge in [-0.05, 0) is 15.9 Å². The molecule has 0 bridgehead atoms. The Morgan fingerprint density at radius 1 is 1.42 bits per heavy atom. The zero-order chi connectivity index (χ0) is 14.3. The fourth-order valence-corrected chi connectivity index (χ4v) is 1.96. The molecule has 1 heterocycles. The van der Waals surface area contributed by atoms with Crippen LogP contribution in [0.3, 0.4) is 0 Å². The van der Waals surface area contributed by atoms with Crippen molar-refractivity contribution in [3.05, 3.63) is 16.5 Å². The molecule has 1 aromatic heterocycles. The third-order valence-electron chi connectivity index (χ3n) is 2.60. The Hall–Kier alpha value is -1.19. The van der Waals surface area contributed by atoms with Gasteiger partial charge in [-0.2, -0.15) is 5.26 Å². The maximum absolute atomic E-state index is 8.73. The number of aromatic nitrogens is 2. The summed E-state index contributed by atoms with van der Waals surface area (Å²) in [5.74, 6) is 1.89. The van der Waals surface area contributed by atoms with Crippen molar-refractivity contribution >= 4 is 21.7 Å². The summed E-state index contributed by atoms with van der Waals surface area (Å²) in [6.07, 6.45) is 0.461. The first-order chi connectivity index (χ1) is 9.08. The van der Waals surface area contributed by atoms with Crippen molar-refractivity contribution in [1.29, 1.82) is 5.26 Å². The average molecular weight is 327 g/mol. The van der Waals surface area contributed by atoms with Crippen LogP contribution in [0.4, 0.5) is 5.82 Å². The largest absolute Gasteiger partial charge is 0.383 e. The third kappa shape index (κ3) is 5.13. The normalized spacial score (nSPS) is 10.5. The van der Waals surface area contributed by atoms with Gasteiger partial charge in [0.05, 0.1) is 19.1 Å². The van der Waals surface area contributed by atoms with E-state index in [4.69, 9.17) is 10.00 Å². The Bertz CT molecular complexity index is 445. The van der Waals surface area contributed by atoms with Crippen LogP contribution in [0.5, 0.6) is 0 Å². The molecule has 0 saturated heterocycles. The number of halogens is 1. The fourth-order valence-electron chi connectivity index (χ4n) is 1.57. The Kier molecular flexibility index (Phi) is 6.74. The summed E-state index contributed by atoms with van der Waals surface area (Å²) in [5.41, 5.74) is 0. The maximum atomic E-state index is 8.73. The lowest BCUT2D eigenvalue weighted by molar-refractivity contribution is 0.205. The molecule has 0 unspecified atom stereocenters. The van der Waals surface area contributed by atoms with Gasteiger partial charge in [0.25, 0.3) is 0 Å². The van der Waals surface area contributed by atoms with Gasteiger partial charge in [0, 0.05) is 32.2 Å². The molecule has 0 aliphatic rings. The molecular formula is C13H19BrN4O. The molecule has 0 aromatic carbocycles. The molecule has 0 radical (unpaired) electrons. The first-order valence-corrected chi connectivity index (χ1v) is 7.03. The highest BCUT2D eigenvalue weighted by atomic mass is 79.9. The molecule has 0 saturated carbocycles. The first kappa shape index (κ1) is 15.9. The van der Waals surface area contributed by atoms with E-state index >= 15 is 0 Å². The van der Waals surface area contributed by atoms with Gasteiger partial charge in [0.2, 0.25) is 0 Å². The topological polar surface area (TPSA) is 62.0 Å². The number of nitrogens with zero attached hydrogens (tertiary/aromatic N) is 4. The molecule has 0 aliphatic heterocycles. The number of rotatable bonds is 7. The summed E-state index contributed by atoms with van der Waals surface area (Å²) in [5, 5.41) is 8.73. The van der Waals surface area contributed by atoms with E-state index in [2.05, 4.69) is 45.8 Å². The highest BCUT2D eigenvalue weighted by Crippen LogP contribution is 2.20. The van der Waals surface area contributed by atoms with Crippen molar-refractivity contribution in [2.24, 2.45) is 0 Å². The van der Waals surface area contributed by atoms with Crippen LogP contribution in [-0.4, -0.2) is 36.8 Å². The molecule has 19 heavy (non-hydrogen) atoms. The second-order valence-corrected chi connectivity index (χ2v) is 5.26. The first-order valence-electron chi connectivity index (χ1n) is 6.23. The minimum absolute atomic E-state index is 0.261. The number of methoxy groups -OCH3 is 1. The van der Waals surface area contributed by atoms with Crippen molar-refractivity contribution in [3.8, 4) is 6.07 Å². The zero-order valence-electron chi connectivity index (χ0n) is 11.6. The van der Waals surface area contributed by atoms with Gasteiger partial charge in [0.1, 0.15) is 16.2 Å². The van der Waals surface area contributed by atoms with Crippen LogP contribution < -0.4 is 4.90 Å². The van der Waals surface area contributed by atoms with Gasteiger partial charge in [-0.1, -0.05) is 13.8 Å². The Labute approximate surface area is 122 Å². The van der Waals surface area contributed by atoms with E-state index < -0.39 is 0 Å². The SMILES string of the molecule is COCCN(CCC#N)c1cc(Br)nc(C(C)C)n1. The number of hydrogen-bond acceptors (Lipinski definition) is 5. The molecule has 1 rings (SSSR count). The predicted molar refractivity (Wildman–Crippen MR) is 78.1 cm³/mol. The minimum Gasteiger partial charge on any atom is -0.383 e. The standard InChI is InChI=1S/C13H19BrN4O/c1-10(2)13-16-11(14)9-12(17-13)18(6-4-5-15)7-8-19-3/h9-10H,4,6-8H2,1-3H3. The zero-order valence-corrected chi connectivity index (χ0v) is 13.1. The third-order valence-corrected chi connectivity index (χ3v) is 3.00. The number of anilines is 1. The lowest BCUT2D eigenvalue weighted by Gasteiger charge is -2.23. The Morgan fingerprint density at radius 3 is 2.74 bits per heavy atom. The molecule has 0 fully saturated rings. The van der Waals surface area contributed by atoms with E-state index in [0.29, 0.717) is 26.1 Å². The highest BCUT2D eigenvalue weighted by Gasteiger charge is 2.12. The van der Waals surface area contributed by atoms with Crippen LogP contribution in [0.1, 0.15) is 32.0 Å². The van der Waals surface area contributed by atoms with Gasteiger partial charge in [-0.15, -0.1) is 0 Å². The lowest BCUT2D eigenvalue weighted by atomic mass is 10.2. The second-order valence-electron chi connectivity index (χ2n) is 4.45. The molecule has 104 valence electrons. The van der Waals surface area contributed by atoms with E-state index in [0.717, 1.165) is 16.2 Å². The molecule has 0 N–H and O–H groups in total. The Balaban J connectivity index is 2.96. The van der Waals surface area contributed by atoms with Crippen LogP contribution in [0.2, 0.25) is 0 Å². The summed E-state index contributed by atoms with van der Waals surface area (Å²) in [6, 6.07) is 4.03. The quantitative estimate of drug-likeness (QED) is 0.721. The fraction of sp³-hybridized carbons (Fsp3) is 0.615.